The highest BCUT2D eigenvalue weighted by Gasteiger charge is 2.19. The molecule has 3 rings (SSSR count). The Labute approximate surface area is 192 Å². The van der Waals surface area contributed by atoms with Crippen LogP contribution < -0.4 is 4.74 Å². The molecule has 0 bridgehead atoms. The van der Waals surface area contributed by atoms with Crippen molar-refractivity contribution in [3.05, 3.63) is 77.0 Å². The Balaban J connectivity index is 1.52. The number of Topliss-reactive ketones (excluding diaryl/α,β-unsaturated/α-hetero) is 1. The second kappa shape index (κ2) is 11.2. The molecule has 0 aliphatic rings. The summed E-state index contributed by atoms with van der Waals surface area (Å²) in [5.41, 5.74) is 2.13. The molecule has 0 aliphatic carbocycles. The van der Waals surface area contributed by atoms with Crippen LogP contribution in [0.4, 0.5) is 0 Å². The Morgan fingerprint density at radius 1 is 1.03 bits per heavy atom. The number of aromatic nitrogens is 1. The maximum atomic E-state index is 12.6. The molecule has 0 fully saturated rings. The molecule has 3 aromatic rings. The first-order chi connectivity index (χ1) is 15.9. The number of methoxy groups -OCH3 is 1. The molecule has 1 aromatic carbocycles. The van der Waals surface area contributed by atoms with Crippen LogP contribution in [-0.2, 0) is 27.4 Å². The molecule has 0 saturated heterocycles. The monoisotopic (exact) mass is 453 g/mol. The van der Waals surface area contributed by atoms with Crippen LogP contribution in [0, 0.1) is 13.8 Å². The minimum atomic E-state index is -0.721. The van der Waals surface area contributed by atoms with Crippen LogP contribution in [0.25, 0.3) is 0 Å². The lowest BCUT2D eigenvalue weighted by atomic mass is 10.1. The van der Waals surface area contributed by atoms with E-state index in [1.165, 1.54) is 13.2 Å². The number of esters is 2. The number of hydrogen-bond donors (Lipinski definition) is 0. The highest BCUT2D eigenvalue weighted by molar-refractivity contribution is 6.00. The number of hydrogen-bond acceptors (Lipinski definition) is 7. The molecule has 0 spiro atoms. The zero-order valence-corrected chi connectivity index (χ0v) is 19.0. The molecular weight excluding hydrogens is 426 g/mol. The largest absolute Gasteiger partial charge is 0.486 e. The van der Waals surface area contributed by atoms with Gasteiger partial charge in [-0.25, -0.2) is 4.79 Å². The van der Waals surface area contributed by atoms with Gasteiger partial charge in [0.15, 0.2) is 6.61 Å². The molecule has 0 amide bonds. The highest BCUT2D eigenvalue weighted by Crippen LogP contribution is 2.18. The average Bonchev–Trinajstić information content (AvgIpc) is 3.41. The Kier molecular flexibility index (Phi) is 8.07. The summed E-state index contributed by atoms with van der Waals surface area (Å²) in [6.07, 6.45) is 0.899. The second-order valence-electron chi connectivity index (χ2n) is 7.48. The van der Waals surface area contributed by atoms with Crippen molar-refractivity contribution in [1.29, 1.82) is 0 Å². The van der Waals surface area contributed by atoms with E-state index in [1.807, 2.05) is 48.7 Å². The molecule has 0 aliphatic heterocycles. The molecule has 8 heteroatoms. The van der Waals surface area contributed by atoms with Crippen molar-refractivity contribution in [1.82, 2.24) is 4.57 Å². The number of ketones is 1. The van der Waals surface area contributed by atoms with Crippen LogP contribution in [0.5, 0.6) is 5.75 Å². The molecule has 8 nitrogen and oxygen atoms in total. The van der Waals surface area contributed by atoms with Gasteiger partial charge in [0, 0.05) is 29.9 Å². The zero-order chi connectivity index (χ0) is 23.8. The van der Waals surface area contributed by atoms with Gasteiger partial charge in [0.1, 0.15) is 18.1 Å². The van der Waals surface area contributed by atoms with Gasteiger partial charge in [-0.3, -0.25) is 9.59 Å². The van der Waals surface area contributed by atoms with E-state index < -0.39 is 12.6 Å². The predicted octanol–water partition coefficient (Wildman–Crippen LogP) is 4.27. The summed E-state index contributed by atoms with van der Waals surface area (Å²) >= 11 is 0. The summed E-state index contributed by atoms with van der Waals surface area (Å²) in [7, 11) is 1.36. The van der Waals surface area contributed by atoms with Gasteiger partial charge < -0.3 is 23.2 Å². The van der Waals surface area contributed by atoms with E-state index in [0.717, 1.165) is 11.4 Å². The Morgan fingerprint density at radius 2 is 1.79 bits per heavy atom. The van der Waals surface area contributed by atoms with E-state index in [9.17, 15) is 14.4 Å². The molecule has 0 atom stereocenters. The average molecular weight is 453 g/mol. The normalized spacial score (nSPS) is 10.6. The van der Waals surface area contributed by atoms with Gasteiger partial charge in [0.05, 0.1) is 7.11 Å². The van der Waals surface area contributed by atoms with Crippen molar-refractivity contribution in [2.75, 3.05) is 13.7 Å². The number of benzene rings is 1. The van der Waals surface area contributed by atoms with E-state index in [-0.39, 0.29) is 24.1 Å². The van der Waals surface area contributed by atoms with Gasteiger partial charge in [-0.05, 0) is 50.6 Å². The van der Waals surface area contributed by atoms with Crippen molar-refractivity contribution >= 4 is 17.7 Å². The smallest absolute Gasteiger partial charge is 0.374 e. The van der Waals surface area contributed by atoms with Crippen molar-refractivity contribution in [2.24, 2.45) is 0 Å². The van der Waals surface area contributed by atoms with E-state index in [4.69, 9.17) is 13.9 Å². The number of rotatable bonds is 11. The van der Waals surface area contributed by atoms with Gasteiger partial charge in [-0.1, -0.05) is 18.2 Å². The number of carbonyl (C=O) groups is 3. The molecule has 0 saturated carbocycles. The standard InChI is InChI=1S/C25H27NO7/c1-17-14-21(18(2)26(17)13-7-10-24(28)30-3)22(27)16-32-25(29)23-12-11-20(33-23)15-31-19-8-5-4-6-9-19/h4-6,8-9,11-12,14H,7,10,13,15-16H2,1-3H3. The fourth-order valence-electron chi connectivity index (χ4n) is 3.43. The fraction of sp³-hybridized carbons (Fsp3) is 0.320. The summed E-state index contributed by atoms with van der Waals surface area (Å²) in [6, 6.07) is 14.1. The first-order valence-corrected chi connectivity index (χ1v) is 10.6. The topological polar surface area (TPSA) is 97.0 Å². The molecule has 2 heterocycles. The third kappa shape index (κ3) is 6.35. The van der Waals surface area contributed by atoms with E-state index >= 15 is 0 Å². The van der Waals surface area contributed by atoms with Crippen LogP contribution in [0.2, 0.25) is 0 Å². The van der Waals surface area contributed by atoms with Crippen LogP contribution in [0.3, 0.4) is 0 Å². The summed E-state index contributed by atoms with van der Waals surface area (Å²) < 4.78 is 22.8. The van der Waals surface area contributed by atoms with Gasteiger partial charge in [-0.2, -0.15) is 0 Å². The van der Waals surface area contributed by atoms with Gasteiger partial charge in [-0.15, -0.1) is 0 Å². The molecule has 174 valence electrons. The molecule has 33 heavy (non-hydrogen) atoms. The molecule has 0 N–H and O–H groups in total. The number of carbonyl (C=O) groups excluding carboxylic acids is 3. The summed E-state index contributed by atoms with van der Waals surface area (Å²) in [4.78, 5) is 36.3. The number of aryl methyl sites for hydroxylation is 1. The molecule has 2 aromatic heterocycles. The van der Waals surface area contributed by atoms with Crippen molar-refractivity contribution in [2.45, 2.75) is 39.8 Å². The summed E-state index contributed by atoms with van der Waals surface area (Å²) in [5.74, 6) is -0.147. The Morgan fingerprint density at radius 3 is 2.52 bits per heavy atom. The van der Waals surface area contributed by atoms with Crippen LogP contribution in [0.15, 0.2) is 52.9 Å². The molecule has 0 unspecified atom stereocenters. The first kappa shape index (κ1) is 23.8. The zero-order valence-electron chi connectivity index (χ0n) is 19.0. The quantitative estimate of drug-likeness (QED) is 0.316. The van der Waals surface area contributed by atoms with Crippen molar-refractivity contribution in [3.8, 4) is 5.75 Å². The third-order valence-corrected chi connectivity index (χ3v) is 5.19. The fourth-order valence-corrected chi connectivity index (χ4v) is 3.43. The van der Waals surface area contributed by atoms with Crippen LogP contribution in [0.1, 0.15) is 50.9 Å². The lowest BCUT2D eigenvalue weighted by Crippen LogP contribution is -2.15. The highest BCUT2D eigenvalue weighted by atomic mass is 16.6. The van der Waals surface area contributed by atoms with Crippen LogP contribution >= 0.6 is 0 Å². The number of nitrogens with zero attached hydrogens (tertiary/aromatic N) is 1. The Hall–Kier alpha value is -3.81. The van der Waals surface area contributed by atoms with Crippen molar-refractivity contribution < 1.29 is 33.0 Å². The second-order valence-corrected chi connectivity index (χ2v) is 7.48. The van der Waals surface area contributed by atoms with Gasteiger partial charge >= 0.3 is 11.9 Å². The molecular formula is C25H27NO7. The third-order valence-electron chi connectivity index (χ3n) is 5.19. The van der Waals surface area contributed by atoms with Crippen LogP contribution in [-0.4, -0.2) is 36.0 Å². The van der Waals surface area contributed by atoms with E-state index in [1.54, 1.807) is 12.1 Å². The maximum absolute atomic E-state index is 12.6. The lowest BCUT2D eigenvalue weighted by Gasteiger charge is -2.09. The maximum Gasteiger partial charge on any atom is 0.374 e. The Bertz CT molecular complexity index is 1110. The number of ether oxygens (including phenoxy) is 3. The van der Waals surface area contributed by atoms with Crippen molar-refractivity contribution in [3.63, 3.8) is 0 Å². The first-order valence-electron chi connectivity index (χ1n) is 10.6. The molecule has 0 radical (unpaired) electrons. The SMILES string of the molecule is COC(=O)CCCn1c(C)cc(C(=O)COC(=O)c2ccc(COc3ccccc3)o2)c1C. The van der Waals surface area contributed by atoms with Gasteiger partial charge in [0.25, 0.3) is 0 Å². The predicted molar refractivity (Wildman–Crippen MR) is 119 cm³/mol. The summed E-state index contributed by atoms with van der Waals surface area (Å²) in [5, 5.41) is 0. The van der Waals surface area contributed by atoms with E-state index in [0.29, 0.717) is 36.5 Å². The van der Waals surface area contributed by atoms with E-state index in [2.05, 4.69) is 4.74 Å². The lowest BCUT2D eigenvalue weighted by molar-refractivity contribution is -0.140. The van der Waals surface area contributed by atoms with Gasteiger partial charge in [0.2, 0.25) is 11.5 Å². The minimum Gasteiger partial charge on any atom is -0.486 e. The summed E-state index contributed by atoms with van der Waals surface area (Å²) in [6.45, 7) is 4.06. The number of furan rings is 1. The number of para-hydroxylation sites is 1. The minimum absolute atomic E-state index is 0.00254.